The SMILES string of the molecule is CCCSc1nc(NC2CC2c2ccccc2)c2nnn([C@@H]3C[C@H](Cn4nccn4)[C@@H](O)[C@H]3O)c2n1. The average molecular weight is 508 g/mol. The molecule has 11 nitrogen and oxygen atoms in total. The highest BCUT2D eigenvalue weighted by atomic mass is 32.2. The zero-order valence-electron chi connectivity index (χ0n) is 19.9. The fourth-order valence-electron chi connectivity index (χ4n) is 5.06. The van der Waals surface area contributed by atoms with Crippen molar-refractivity contribution in [1.29, 1.82) is 0 Å². The summed E-state index contributed by atoms with van der Waals surface area (Å²) in [6.45, 7) is 2.53. The van der Waals surface area contributed by atoms with Crippen molar-refractivity contribution in [3.63, 3.8) is 0 Å². The lowest BCUT2D eigenvalue weighted by Gasteiger charge is -2.17. The summed E-state index contributed by atoms with van der Waals surface area (Å²) in [5, 5.41) is 43.0. The van der Waals surface area contributed by atoms with Crippen LogP contribution in [0.2, 0.25) is 0 Å². The van der Waals surface area contributed by atoms with Gasteiger partial charge in [-0.3, -0.25) is 0 Å². The molecule has 1 aromatic carbocycles. The summed E-state index contributed by atoms with van der Waals surface area (Å²) in [6.07, 6.45) is 3.81. The molecule has 0 saturated heterocycles. The Balaban J connectivity index is 1.29. The van der Waals surface area contributed by atoms with Crippen molar-refractivity contribution in [2.24, 2.45) is 5.92 Å². The smallest absolute Gasteiger partial charge is 0.191 e. The second-order valence-corrected chi connectivity index (χ2v) is 10.6. The number of nitrogens with one attached hydrogen (secondary N) is 1. The number of benzene rings is 1. The van der Waals surface area contributed by atoms with Crippen molar-refractivity contribution >= 4 is 28.7 Å². The Bertz CT molecular complexity index is 1320. The number of fused-ring (bicyclic) bond motifs is 1. The molecule has 0 aliphatic heterocycles. The van der Waals surface area contributed by atoms with Crippen LogP contribution in [0, 0.1) is 5.92 Å². The molecular weight excluding hydrogens is 478 g/mol. The highest BCUT2D eigenvalue weighted by Gasteiger charge is 2.44. The molecule has 36 heavy (non-hydrogen) atoms. The Morgan fingerprint density at radius 1 is 1.06 bits per heavy atom. The summed E-state index contributed by atoms with van der Waals surface area (Å²) in [7, 11) is 0. The quantitative estimate of drug-likeness (QED) is 0.228. The monoisotopic (exact) mass is 507 g/mol. The maximum absolute atomic E-state index is 10.9. The minimum absolute atomic E-state index is 0.219. The van der Waals surface area contributed by atoms with Gasteiger partial charge in [0.15, 0.2) is 22.1 Å². The van der Waals surface area contributed by atoms with Gasteiger partial charge in [-0.2, -0.15) is 15.0 Å². The van der Waals surface area contributed by atoms with Crippen LogP contribution in [-0.4, -0.2) is 74.2 Å². The lowest BCUT2D eigenvalue weighted by Crippen LogP contribution is -2.31. The van der Waals surface area contributed by atoms with Crippen LogP contribution in [0.5, 0.6) is 0 Å². The van der Waals surface area contributed by atoms with Gasteiger partial charge < -0.3 is 15.5 Å². The number of aliphatic hydroxyl groups excluding tert-OH is 2. The largest absolute Gasteiger partial charge is 0.390 e. The Morgan fingerprint density at radius 3 is 2.64 bits per heavy atom. The molecule has 2 saturated carbocycles. The van der Waals surface area contributed by atoms with Gasteiger partial charge >= 0.3 is 0 Å². The fraction of sp³-hybridized carbons (Fsp3) is 0.500. The predicted octanol–water partition coefficient (Wildman–Crippen LogP) is 2.27. The molecule has 3 N–H and O–H groups in total. The summed E-state index contributed by atoms with van der Waals surface area (Å²) in [4.78, 5) is 11.1. The Kier molecular flexibility index (Phi) is 6.32. The van der Waals surface area contributed by atoms with Crippen LogP contribution in [0.4, 0.5) is 5.82 Å². The van der Waals surface area contributed by atoms with E-state index >= 15 is 0 Å². The minimum atomic E-state index is -1.00. The molecule has 0 spiro atoms. The van der Waals surface area contributed by atoms with E-state index in [1.54, 1.807) is 28.8 Å². The van der Waals surface area contributed by atoms with Crippen LogP contribution in [0.25, 0.3) is 11.2 Å². The van der Waals surface area contributed by atoms with Crippen molar-refractivity contribution in [2.75, 3.05) is 11.1 Å². The lowest BCUT2D eigenvalue weighted by atomic mass is 10.1. The van der Waals surface area contributed by atoms with Gasteiger partial charge in [0.1, 0.15) is 6.10 Å². The molecule has 3 aromatic heterocycles. The van der Waals surface area contributed by atoms with Crippen LogP contribution >= 0.6 is 11.8 Å². The summed E-state index contributed by atoms with van der Waals surface area (Å²) in [5.41, 5.74) is 2.45. The predicted molar refractivity (Wildman–Crippen MR) is 135 cm³/mol. The van der Waals surface area contributed by atoms with E-state index < -0.39 is 18.2 Å². The zero-order valence-corrected chi connectivity index (χ0v) is 20.7. The molecule has 2 aliphatic carbocycles. The fourth-order valence-corrected chi connectivity index (χ4v) is 5.75. The number of aromatic nitrogens is 8. The summed E-state index contributed by atoms with van der Waals surface area (Å²) in [6, 6.07) is 10.3. The molecule has 2 fully saturated rings. The number of aliphatic hydroxyl groups is 2. The number of nitrogens with zero attached hydrogens (tertiary/aromatic N) is 8. The number of hydrogen-bond donors (Lipinski definition) is 3. The third-order valence-electron chi connectivity index (χ3n) is 7.03. The molecule has 12 heteroatoms. The first-order chi connectivity index (χ1) is 17.6. The second-order valence-electron chi connectivity index (χ2n) is 9.54. The molecular formula is C24H29N9O2S. The summed E-state index contributed by atoms with van der Waals surface area (Å²) in [5.74, 6) is 1.77. The van der Waals surface area contributed by atoms with Crippen LogP contribution < -0.4 is 5.32 Å². The van der Waals surface area contributed by atoms with Gasteiger partial charge in [0.25, 0.3) is 0 Å². The Hall–Kier alpha value is -3.09. The van der Waals surface area contributed by atoms with Gasteiger partial charge in [0, 0.05) is 23.6 Å². The lowest BCUT2D eigenvalue weighted by molar-refractivity contribution is 0.000914. The van der Waals surface area contributed by atoms with E-state index in [4.69, 9.17) is 9.97 Å². The number of rotatable bonds is 9. The molecule has 2 aliphatic rings. The molecule has 6 rings (SSSR count). The van der Waals surface area contributed by atoms with Crippen molar-refractivity contribution in [1.82, 2.24) is 40.0 Å². The highest BCUT2D eigenvalue weighted by molar-refractivity contribution is 7.99. The number of hydrogen-bond acceptors (Lipinski definition) is 10. The Morgan fingerprint density at radius 2 is 1.86 bits per heavy atom. The maximum Gasteiger partial charge on any atom is 0.191 e. The molecule has 0 bridgehead atoms. The van der Waals surface area contributed by atoms with E-state index in [2.05, 4.69) is 57.0 Å². The van der Waals surface area contributed by atoms with Crippen molar-refractivity contribution in [3.05, 3.63) is 48.3 Å². The first-order valence-electron chi connectivity index (χ1n) is 12.4. The third kappa shape index (κ3) is 4.44. The molecule has 3 heterocycles. The maximum atomic E-state index is 10.9. The Labute approximate surface area is 212 Å². The van der Waals surface area contributed by atoms with Crippen molar-refractivity contribution < 1.29 is 10.2 Å². The van der Waals surface area contributed by atoms with Crippen molar-refractivity contribution in [3.8, 4) is 0 Å². The van der Waals surface area contributed by atoms with Gasteiger partial charge in [-0.15, -0.1) is 5.10 Å². The molecule has 0 amide bonds. The molecule has 6 atom stereocenters. The van der Waals surface area contributed by atoms with Gasteiger partial charge in [-0.05, 0) is 24.8 Å². The van der Waals surface area contributed by atoms with Gasteiger partial charge in [-0.25, -0.2) is 14.6 Å². The van der Waals surface area contributed by atoms with Crippen molar-refractivity contribution in [2.45, 2.75) is 68.1 Å². The number of thioether (sulfide) groups is 1. The van der Waals surface area contributed by atoms with Gasteiger partial charge in [0.2, 0.25) is 0 Å². The van der Waals surface area contributed by atoms with E-state index in [1.807, 2.05) is 6.07 Å². The molecule has 0 radical (unpaired) electrons. The van der Waals surface area contributed by atoms with E-state index in [9.17, 15) is 10.2 Å². The minimum Gasteiger partial charge on any atom is -0.390 e. The third-order valence-corrected chi connectivity index (χ3v) is 8.08. The van der Waals surface area contributed by atoms with Gasteiger partial charge in [-0.1, -0.05) is 54.2 Å². The van der Waals surface area contributed by atoms with E-state index in [-0.39, 0.29) is 12.0 Å². The topological polar surface area (TPSA) is 140 Å². The van der Waals surface area contributed by atoms with E-state index in [0.717, 1.165) is 18.6 Å². The van der Waals surface area contributed by atoms with Crippen LogP contribution in [0.3, 0.4) is 0 Å². The zero-order chi connectivity index (χ0) is 24.6. The van der Waals surface area contributed by atoms with Crippen LogP contribution in [0.1, 0.15) is 43.7 Å². The average Bonchev–Trinajstić information content (AvgIpc) is 3.19. The molecule has 4 aromatic rings. The van der Waals surface area contributed by atoms with Gasteiger partial charge in [0.05, 0.1) is 31.1 Å². The van der Waals surface area contributed by atoms with Crippen LogP contribution in [-0.2, 0) is 6.54 Å². The number of anilines is 1. The second kappa shape index (κ2) is 9.75. The van der Waals surface area contributed by atoms with Crippen LogP contribution in [0.15, 0.2) is 47.9 Å². The molecule has 188 valence electrons. The van der Waals surface area contributed by atoms with E-state index in [0.29, 0.717) is 41.0 Å². The molecule has 2 unspecified atom stereocenters. The first kappa shape index (κ1) is 23.3. The summed E-state index contributed by atoms with van der Waals surface area (Å²) >= 11 is 1.59. The van der Waals surface area contributed by atoms with E-state index in [1.165, 1.54) is 10.4 Å². The standard InChI is InChI=1S/C24H29N9O2S/c1-2-10-36-24-28-22(27-17-12-16(17)14-6-4-3-5-7-14)19-23(29-24)33(31-30-19)18-11-15(20(34)21(18)35)13-32-25-8-9-26-32/h3-9,15-18,20-21,34-35H,2,10-13H2,1H3,(H,27,28,29)/t15-,16?,17?,18-,20-,21+/m1/s1. The normalized spacial score (nSPS) is 27.5. The summed E-state index contributed by atoms with van der Waals surface area (Å²) < 4.78 is 1.66. The highest BCUT2D eigenvalue weighted by Crippen LogP contribution is 2.43. The first-order valence-corrected chi connectivity index (χ1v) is 13.4.